The molecule has 4 aliphatic rings. The number of anilines is 5. The van der Waals surface area contributed by atoms with Crippen LogP contribution in [0, 0.1) is 0 Å². The fraction of sp³-hybridized carbons (Fsp3) is 0.446. The number of nitrogens with zero attached hydrogens (tertiary/aromatic N) is 1. The van der Waals surface area contributed by atoms with Gasteiger partial charge in [-0.15, -0.1) is 11.3 Å². The first kappa shape index (κ1) is 46.6. The average molecular weight is 929 g/mol. The van der Waals surface area contributed by atoms with Crippen molar-refractivity contribution in [2.45, 2.75) is 187 Å². The molecule has 1 aromatic heterocycles. The van der Waals surface area contributed by atoms with Crippen molar-refractivity contribution in [2.75, 3.05) is 10.2 Å². The zero-order valence-electron chi connectivity index (χ0n) is 44.4. The molecule has 0 bridgehead atoms. The van der Waals surface area contributed by atoms with Crippen LogP contribution in [-0.4, -0.2) is 7.28 Å². The molecular formula is C65H77BN2S. The second kappa shape index (κ2) is 16.1. The zero-order chi connectivity index (χ0) is 48.6. The standard InChI is InChI=1S/C65H77BN2S/c1-14-15-16-19-40-34-45(57-53(27-24-44-43-20-17-18-21-56(43)69-59(44)57)67-41-22-25-46-48(36-41)62(6,7)30-28-60(46,2)3)58-55(35-40)68(42-23-26-47-49(37-42)63(8,9)31-29-61(47,4)5)54-39-51-50(38-52(54)66-58)64(10,11)32-33-65(51,12)13/h17-18,20-27,34-39,66-67H,14-16,19,28-33H2,1-13H3. The molecule has 0 amide bonds. The number of nitrogens with one attached hydrogen (secondary N) is 1. The summed E-state index contributed by atoms with van der Waals surface area (Å²) in [6, 6.07) is 39.4. The van der Waals surface area contributed by atoms with E-state index in [4.69, 9.17) is 0 Å². The molecule has 0 radical (unpaired) electrons. The van der Waals surface area contributed by atoms with Crippen LogP contribution in [0.2, 0.25) is 0 Å². The Labute approximate surface area is 420 Å². The molecule has 0 unspecified atom stereocenters. The van der Waals surface area contributed by atoms with Gasteiger partial charge >= 0.3 is 0 Å². The van der Waals surface area contributed by atoms with Crippen molar-refractivity contribution in [1.82, 2.24) is 0 Å². The van der Waals surface area contributed by atoms with Gasteiger partial charge in [0.05, 0.1) is 0 Å². The Morgan fingerprint density at radius 2 is 1.12 bits per heavy atom. The summed E-state index contributed by atoms with van der Waals surface area (Å²) < 4.78 is 2.72. The predicted octanol–water partition coefficient (Wildman–Crippen LogP) is 17.4. The third kappa shape index (κ3) is 7.71. The number of hydrogen-bond acceptors (Lipinski definition) is 3. The molecule has 0 saturated heterocycles. The van der Waals surface area contributed by atoms with Gasteiger partial charge in [-0.05, 0) is 182 Å². The molecule has 7 aromatic rings. The third-order valence-corrected chi connectivity index (χ3v) is 19.5. The van der Waals surface area contributed by atoms with Crippen molar-refractivity contribution in [3.63, 3.8) is 0 Å². The summed E-state index contributed by atoms with van der Waals surface area (Å²) in [6.07, 6.45) is 11.9. The molecule has 3 aliphatic carbocycles. The Morgan fingerprint density at radius 1 is 0.536 bits per heavy atom. The van der Waals surface area contributed by atoms with Gasteiger partial charge in [0.25, 0.3) is 0 Å². The van der Waals surface area contributed by atoms with E-state index in [-0.39, 0.29) is 32.5 Å². The monoisotopic (exact) mass is 929 g/mol. The lowest BCUT2D eigenvalue weighted by atomic mass is 9.55. The normalized spacial score (nSPS) is 19.8. The van der Waals surface area contributed by atoms with E-state index in [0.29, 0.717) is 0 Å². The van der Waals surface area contributed by atoms with Crippen LogP contribution in [0.3, 0.4) is 0 Å². The molecule has 1 N–H and O–H groups in total. The predicted molar refractivity (Wildman–Crippen MR) is 305 cm³/mol. The van der Waals surface area contributed by atoms with Crippen molar-refractivity contribution in [1.29, 1.82) is 0 Å². The summed E-state index contributed by atoms with van der Waals surface area (Å²) in [7, 11) is 0.891. The van der Waals surface area contributed by atoms with Gasteiger partial charge in [0.15, 0.2) is 7.28 Å². The van der Waals surface area contributed by atoms with Crippen LogP contribution in [0.25, 0.3) is 31.3 Å². The minimum absolute atomic E-state index is 0.0936. The van der Waals surface area contributed by atoms with Crippen LogP contribution < -0.4 is 21.1 Å². The van der Waals surface area contributed by atoms with Crippen LogP contribution >= 0.6 is 11.3 Å². The number of hydrogen-bond donors (Lipinski definition) is 1. The first-order valence-electron chi connectivity index (χ1n) is 26.7. The minimum Gasteiger partial charge on any atom is -0.355 e. The number of fused-ring (bicyclic) bond motifs is 8. The highest BCUT2D eigenvalue weighted by Crippen LogP contribution is 2.53. The van der Waals surface area contributed by atoms with Crippen molar-refractivity contribution < 1.29 is 0 Å². The minimum atomic E-state index is 0.0936. The van der Waals surface area contributed by atoms with E-state index in [2.05, 4.69) is 197 Å². The Balaban J connectivity index is 1.20. The van der Waals surface area contributed by atoms with E-state index < -0.39 is 0 Å². The van der Waals surface area contributed by atoms with Crippen LogP contribution in [0.15, 0.2) is 97.1 Å². The molecule has 356 valence electrons. The molecule has 1 aliphatic heterocycles. The largest absolute Gasteiger partial charge is 0.355 e. The first-order chi connectivity index (χ1) is 32.6. The number of unbranched alkanes of at least 4 members (excludes halogenated alkanes) is 2. The van der Waals surface area contributed by atoms with E-state index >= 15 is 0 Å². The van der Waals surface area contributed by atoms with Crippen molar-refractivity contribution >= 4 is 78.2 Å². The second-order valence-electron chi connectivity index (χ2n) is 26.0. The number of thiophene rings is 1. The van der Waals surface area contributed by atoms with E-state index in [0.717, 1.165) is 13.7 Å². The molecule has 2 heterocycles. The summed E-state index contributed by atoms with van der Waals surface area (Å²) in [5.41, 5.74) is 23.3. The second-order valence-corrected chi connectivity index (χ2v) is 27.1. The van der Waals surface area contributed by atoms with Crippen LogP contribution in [0.4, 0.5) is 28.4 Å². The highest BCUT2D eigenvalue weighted by molar-refractivity contribution is 7.26. The SMILES string of the molecule is CCCCCc1cc(-c2c(Nc3ccc4c(c3)C(C)(C)CCC4(C)C)ccc3c2sc2ccccc23)c2c(c1)N(c1ccc3c(c1)C(C)(C)CCC3(C)C)c1cc3c(cc1B2)C(C)(C)CCC3(C)C. The molecule has 0 saturated carbocycles. The molecule has 6 aromatic carbocycles. The average Bonchev–Trinajstić information content (AvgIpc) is 3.68. The quantitative estimate of drug-likeness (QED) is 0.121. The van der Waals surface area contributed by atoms with Gasteiger partial charge in [0.1, 0.15) is 0 Å². The smallest absolute Gasteiger partial charge is 0.198 e. The summed E-state index contributed by atoms with van der Waals surface area (Å²) in [5.74, 6) is 0. The molecular weight excluding hydrogens is 852 g/mol. The number of aryl methyl sites for hydroxylation is 1. The van der Waals surface area contributed by atoms with Crippen LogP contribution in [-0.2, 0) is 38.9 Å². The summed E-state index contributed by atoms with van der Waals surface area (Å²) >= 11 is 1.97. The van der Waals surface area contributed by atoms with Gasteiger partial charge < -0.3 is 10.2 Å². The van der Waals surface area contributed by atoms with Gasteiger partial charge in [-0.2, -0.15) is 0 Å². The molecule has 2 nitrogen and oxygen atoms in total. The molecule has 0 spiro atoms. The fourth-order valence-electron chi connectivity index (χ4n) is 13.3. The van der Waals surface area contributed by atoms with E-state index in [1.807, 2.05) is 11.3 Å². The molecule has 0 atom stereocenters. The Bertz CT molecular complexity index is 3210. The topological polar surface area (TPSA) is 15.3 Å². The van der Waals surface area contributed by atoms with Crippen molar-refractivity contribution in [2.24, 2.45) is 0 Å². The highest BCUT2D eigenvalue weighted by Gasteiger charge is 2.42. The van der Waals surface area contributed by atoms with Crippen molar-refractivity contribution in [3.8, 4) is 11.1 Å². The maximum atomic E-state index is 4.17. The maximum absolute atomic E-state index is 4.17. The lowest BCUT2D eigenvalue weighted by Gasteiger charge is -2.45. The van der Waals surface area contributed by atoms with Gasteiger partial charge in [0, 0.05) is 54.2 Å². The zero-order valence-corrected chi connectivity index (χ0v) is 45.2. The first-order valence-corrected chi connectivity index (χ1v) is 27.6. The maximum Gasteiger partial charge on any atom is 0.198 e. The number of benzene rings is 6. The fourth-order valence-corrected chi connectivity index (χ4v) is 14.6. The summed E-state index contributed by atoms with van der Waals surface area (Å²) in [4.78, 5) is 2.74. The van der Waals surface area contributed by atoms with Crippen molar-refractivity contribution in [3.05, 3.63) is 136 Å². The summed E-state index contributed by atoms with van der Waals surface area (Å²) in [6.45, 7) is 32.0. The van der Waals surface area contributed by atoms with Gasteiger partial charge in [0.2, 0.25) is 0 Å². The van der Waals surface area contributed by atoms with Crippen LogP contribution in [0.1, 0.15) is 187 Å². The van der Waals surface area contributed by atoms with E-state index in [1.165, 1.54) is 162 Å². The molecule has 0 fully saturated rings. The molecule has 4 heteroatoms. The van der Waals surface area contributed by atoms with E-state index in [1.54, 1.807) is 5.56 Å². The lowest BCUT2D eigenvalue weighted by molar-refractivity contribution is 0.332. The Kier molecular flexibility index (Phi) is 10.9. The van der Waals surface area contributed by atoms with Gasteiger partial charge in [-0.3, -0.25) is 0 Å². The molecule has 69 heavy (non-hydrogen) atoms. The lowest BCUT2D eigenvalue weighted by Crippen LogP contribution is -2.44. The number of rotatable bonds is 8. The Morgan fingerprint density at radius 3 is 1.77 bits per heavy atom. The van der Waals surface area contributed by atoms with Crippen LogP contribution in [0.5, 0.6) is 0 Å². The highest BCUT2D eigenvalue weighted by atomic mass is 32.1. The molecule has 11 rings (SSSR count). The van der Waals surface area contributed by atoms with E-state index in [9.17, 15) is 0 Å². The Hall–Kier alpha value is -4.80. The summed E-state index contributed by atoms with van der Waals surface area (Å²) in [5, 5.41) is 6.86. The van der Waals surface area contributed by atoms with Gasteiger partial charge in [-0.25, -0.2) is 0 Å². The van der Waals surface area contributed by atoms with Gasteiger partial charge in [-0.1, -0.05) is 157 Å². The third-order valence-electron chi connectivity index (χ3n) is 18.3.